The van der Waals surface area contributed by atoms with Crippen molar-refractivity contribution < 1.29 is 9.90 Å². The number of nitriles is 1. The Morgan fingerprint density at radius 3 is 2.64 bits per heavy atom. The second-order valence-corrected chi connectivity index (χ2v) is 3.71. The van der Waals surface area contributed by atoms with E-state index in [0.717, 1.165) is 12.8 Å². The van der Waals surface area contributed by atoms with Gasteiger partial charge in [0, 0.05) is 12.6 Å². The van der Waals surface area contributed by atoms with Gasteiger partial charge in [0.2, 0.25) is 0 Å². The van der Waals surface area contributed by atoms with Crippen LogP contribution in [0.3, 0.4) is 0 Å². The Labute approximate surface area is 84.1 Å². The van der Waals surface area contributed by atoms with Crippen molar-refractivity contribution in [3.63, 3.8) is 0 Å². The van der Waals surface area contributed by atoms with Crippen molar-refractivity contribution in [3.8, 4) is 6.07 Å². The molecule has 0 bridgehead atoms. The summed E-state index contributed by atoms with van der Waals surface area (Å²) in [5, 5.41) is 17.2. The van der Waals surface area contributed by atoms with E-state index in [4.69, 9.17) is 10.4 Å². The quantitative estimate of drug-likeness (QED) is 0.672. The molecule has 1 N–H and O–H groups in total. The van der Waals surface area contributed by atoms with E-state index in [2.05, 4.69) is 6.07 Å². The van der Waals surface area contributed by atoms with E-state index >= 15 is 0 Å². The molecule has 14 heavy (non-hydrogen) atoms. The molecule has 1 fully saturated rings. The van der Waals surface area contributed by atoms with Crippen LogP contribution < -0.4 is 0 Å². The van der Waals surface area contributed by atoms with Crippen LogP contribution in [0.2, 0.25) is 0 Å². The first kappa shape index (κ1) is 11.0. The van der Waals surface area contributed by atoms with Gasteiger partial charge in [-0.15, -0.1) is 0 Å². The molecule has 78 valence electrons. The van der Waals surface area contributed by atoms with Crippen LogP contribution in [0.5, 0.6) is 0 Å². The zero-order valence-corrected chi connectivity index (χ0v) is 8.28. The van der Waals surface area contributed by atoms with Gasteiger partial charge in [0.1, 0.15) is 0 Å². The molecule has 0 aromatic carbocycles. The maximum absolute atomic E-state index is 10.4. The summed E-state index contributed by atoms with van der Waals surface area (Å²) in [6.07, 6.45) is 4.78. The normalized spacial score (nSPS) is 17.1. The molecule has 0 spiro atoms. The molecular weight excluding hydrogens is 180 g/mol. The second kappa shape index (κ2) is 5.61. The largest absolute Gasteiger partial charge is 0.481 e. The lowest BCUT2D eigenvalue weighted by molar-refractivity contribution is -0.137. The van der Waals surface area contributed by atoms with E-state index in [0.29, 0.717) is 19.1 Å². The number of aliphatic carboxylic acids is 1. The Morgan fingerprint density at radius 2 is 2.14 bits per heavy atom. The Balaban J connectivity index is 2.37. The second-order valence-electron chi connectivity index (χ2n) is 3.71. The van der Waals surface area contributed by atoms with E-state index < -0.39 is 5.97 Å². The maximum Gasteiger partial charge on any atom is 0.304 e. The minimum absolute atomic E-state index is 0.137. The van der Waals surface area contributed by atoms with Crippen LogP contribution in [-0.4, -0.2) is 35.1 Å². The van der Waals surface area contributed by atoms with Crippen molar-refractivity contribution in [2.24, 2.45) is 0 Å². The van der Waals surface area contributed by atoms with Gasteiger partial charge in [0.15, 0.2) is 0 Å². The third kappa shape index (κ3) is 3.35. The summed E-state index contributed by atoms with van der Waals surface area (Å²) in [6.45, 7) is 0.867. The van der Waals surface area contributed by atoms with E-state index in [1.807, 2.05) is 4.90 Å². The van der Waals surface area contributed by atoms with Crippen LogP contribution in [0.1, 0.15) is 32.1 Å². The number of carbonyl (C=O) groups is 1. The molecular formula is C10H16N2O2. The zero-order valence-electron chi connectivity index (χ0n) is 8.28. The number of carboxylic acid groups (broad SMARTS) is 1. The van der Waals surface area contributed by atoms with Gasteiger partial charge >= 0.3 is 5.97 Å². The lowest BCUT2D eigenvalue weighted by Gasteiger charge is -2.25. The lowest BCUT2D eigenvalue weighted by atomic mass is 10.2. The molecule has 0 unspecified atom stereocenters. The van der Waals surface area contributed by atoms with Crippen molar-refractivity contribution >= 4 is 5.97 Å². The smallest absolute Gasteiger partial charge is 0.304 e. The highest BCUT2D eigenvalue weighted by Crippen LogP contribution is 2.23. The first-order valence-corrected chi connectivity index (χ1v) is 5.07. The first-order chi connectivity index (χ1) is 6.74. The van der Waals surface area contributed by atoms with E-state index in [1.165, 1.54) is 12.8 Å². The molecule has 1 aliphatic carbocycles. The highest BCUT2D eigenvalue weighted by molar-refractivity contribution is 5.66. The Hall–Kier alpha value is -1.08. The number of hydrogen-bond acceptors (Lipinski definition) is 3. The summed E-state index contributed by atoms with van der Waals surface area (Å²) in [7, 11) is 0. The van der Waals surface area contributed by atoms with Crippen LogP contribution in [-0.2, 0) is 4.79 Å². The summed E-state index contributed by atoms with van der Waals surface area (Å²) in [5.41, 5.74) is 0. The van der Waals surface area contributed by atoms with Gasteiger partial charge in [0.05, 0.1) is 19.0 Å². The van der Waals surface area contributed by atoms with Crippen molar-refractivity contribution in [1.82, 2.24) is 4.90 Å². The summed E-state index contributed by atoms with van der Waals surface area (Å²) in [5.74, 6) is -0.786. The van der Waals surface area contributed by atoms with Gasteiger partial charge in [-0.2, -0.15) is 5.26 Å². The van der Waals surface area contributed by atoms with Gasteiger partial charge in [-0.1, -0.05) is 12.8 Å². The minimum atomic E-state index is -0.786. The molecule has 0 amide bonds. The Kier molecular flexibility index (Phi) is 4.41. The number of rotatable bonds is 5. The Morgan fingerprint density at radius 1 is 1.50 bits per heavy atom. The van der Waals surface area contributed by atoms with Crippen molar-refractivity contribution in [2.45, 2.75) is 38.1 Å². The summed E-state index contributed by atoms with van der Waals surface area (Å²) < 4.78 is 0. The van der Waals surface area contributed by atoms with E-state index in [9.17, 15) is 4.79 Å². The van der Waals surface area contributed by atoms with Crippen LogP contribution in [0.4, 0.5) is 0 Å². The molecule has 4 heteroatoms. The molecule has 1 saturated carbocycles. The topological polar surface area (TPSA) is 64.3 Å². The van der Waals surface area contributed by atoms with Crippen LogP contribution in [0.25, 0.3) is 0 Å². The fourth-order valence-corrected chi connectivity index (χ4v) is 1.99. The van der Waals surface area contributed by atoms with E-state index in [1.54, 1.807) is 0 Å². The van der Waals surface area contributed by atoms with Gasteiger partial charge in [-0.25, -0.2) is 0 Å². The van der Waals surface area contributed by atoms with Gasteiger partial charge in [-0.3, -0.25) is 9.69 Å². The predicted octanol–water partition coefficient (Wildman–Crippen LogP) is 1.23. The predicted molar refractivity (Wildman–Crippen MR) is 51.7 cm³/mol. The van der Waals surface area contributed by atoms with Crippen molar-refractivity contribution in [2.75, 3.05) is 13.1 Å². The average molecular weight is 196 g/mol. The molecule has 0 aromatic rings. The molecule has 0 heterocycles. The molecule has 0 saturated heterocycles. The third-order valence-electron chi connectivity index (χ3n) is 2.73. The fraction of sp³-hybridized carbons (Fsp3) is 0.800. The molecule has 1 aliphatic rings. The van der Waals surface area contributed by atoms with Gasteiger partial charge in [-0.05, 0) is 12.8 Å². The first-order valence-electron chi connectivity index (χ1n) is 5.07. The van der Waals surface area contributed by atoms with Crippen molar-refractivity contribution in [1.29, 1.82) is 5.26 Å². The zero-order chi connectivity index (χ0) is 10.4. The molecule has 4 nitrogen and oxygen atoms in total. The minimum Gasteiger partial charge on any atom is -0.481 e. The fourth-order valence-electron chi connectivity index (χ4n) is 1.99. The van der Waals surface area contributed by atoms with Crippen LogP contribution >= 0.6 is 0 Å². The Bertz CT molecular complexity index is 229. The lowest BCUT2D eigenvalue weighted by Crippen LogP contribution is -2.35. The standard InChI is InChI=1S/C10H16N2O2/c11-6-8-12(7-5-10(13)14)9-3-1-2-4-9/h9H,1-5,7-8H2,(H,13,14). The van der Waals surface area contributed by atoms with E-state index in [-0.39, 0.29) is 6.42 Å². The maximum atomic E-state index is 10.4. The van der Waals surface area contributed by atoms with Gasteiger partial charge in [0.25, 0.3) is 0 Å². The van der Waals surface area contributed by atoms with Gasteiger partial charge < -0.3 is 5.11 Å². The van der Waals surface area contributed by atoms with Crippen LogP contribution in [0, 0.1) is 11.3 Å². The third-order valence-corrected chi connectivity index (χ3v) is 2.73. The average Bonchev–Trinajstić information content (AvgIpc) is 2.64. The van der Waals surface area contributed by atoms with Crippen LogP contribution in [0.15, 0.2) is 0 Å². The summed E-state index contributed by atoms with van der Waals surface area (Å²) in [4.78, 5) is 12.4. The monoisotopic (exact) mass is 196 g/mol. The van der Waals surface area contributed by atoms with Crippen molar-refractivity contribution in [3.05, 3.63) is 0 Å². The number of carboxylic acids is 1. The SMILES string of the molecule is N#CCN(CCC(=O)O)C1CCCC1. The molecule has 0 aromatic heterocycles. The highest BCUT2D eigenvalue weighted by atomic mass is 16.4. The molecule has 0 radical (unpaired) electrons. The summed E-state index contributed by atoms with van der Waals surface area (Å²) >= 11 is 0. The molecule has 0 atom stereocenters. The summed E-state index contributed by atoms with van der Waals surface area (Å²) in [6, 6.07) is 2.54. The highest BCUT2D eigenvalue weighted by Gasteiger charge is 2.22. The number of nitrogens with zero attached hydrogens (tertiary/aromatic N) is 2. The molecule has 0 aliphatic heterocycles. The number of hydrogen-bond donors (Lipinski definition) is 1. The molecule has 1 rings (SSSR count).